The summed E-state index contributed by atoms with van der Waals surface area (Å²) in [7, 11) is -9.90. The number of carbonyl (C=O) groups excluding carboxylic acids is 4. The largest absolute Gasteiger partial charge is 0.472 e. The SMILES string of the molecule is CCC(C)CCCCCCCCCCCCC(=O)O[C@H](COC(=O)CCCCCCCCC(C)CC)COP(=O)(O)OC[C@H](O)COP(=O)(O)OC[C@@H](COC(=O)CCCCCCCCCCCC(C)C)OC(=O)CCCCCCCCCCCC(C)C. The number of esters is 4. The molecule has 0 aromatic heterocycles. The first kappa shape index (κ1) is 86.1. The van der Waals surface area contributed by atoms with E-state index in [9.17, 15) is 43.2 Å². The van der Waals surface area contributed by atoms with Crippen molar-refractivity contribution < 1.29 is 80.2 Å². The quantitative estimate of drug-likeness (QED) is 0.0222. The highest BCUT2D eigenvalue weighted by Gasteiger charge is 2.30. The van der Waals surface area contributed by atoms with E-state index in [1.807, 2.05) is 0 Å². The van der Waals surface area contributed by atoms with Crippen molar-refractivity contribution in [3.8, 4) is 0 Å². The fourth-order valence-electron chi connectivity index (χ4n) is 10.2. The Bertz CT molecular complexity index is 1750. The zero-order valence-electron chi connectivity index (χ0n) is 57.3. The molecule has 0 saturated carbocycles. The summed E-state index contributed by atoms with van der Waals surface area (Å²) in [5, 5.41) is 10.6. The summed E-state index contributed by atoms with van der Waals surface area (Å²) in [4.78, 5) is 72.5. The second kappa shape index (κ2) is 58.8. The molecule has 522 valence electrons. The lowest BCUT2D eigenvalue weighted by atomic mass is 9.99. The van der Waals surface area contributed by atoms with E-state index in [0.717, 1.165) is 120 Å². The number of carbonyl (C=O) groups is 4. The van der Waals surface area contributed by atoms with Gasteiger partial charge in [-0.1, -0.05) is 287 Å². The van der Waals surface area contributed by atoms with Gasteiger partial charge in [0.2, 0.25) is 0 Å². The predicted octanol–water partition coefficient (Wildman–Crippen LogP) is 19.3. The van der Waals surface area contributed by atoms with E-state index in [4.69, 9.17) is 37.0 Å². The molecular formula is C69H134O17P2. The molecule has 0 fully saturated rings. The molecule has 0 aromatic carbocycles. The van der Waals surface area contributed by atoms with Crippen molar-refractivity contribution in [2.24, 2.45) is 23.7 Å². The number of phosphoric ester groups is 2. The molecular weight excluding hydrogens is 1160 g/mol. The number of rotatable bonds is 66. The Kier molecular flexibility index (Phi) is 57.6. The van der Waals surface area contributed by atoms with Gasteiger partial charge in [0.1, 0.15) is 19.3 Å². The van der Waals surface area contributed by atoms with Crippen LogP contribution in [0, 0.1) is 23.7 Å². The summed E-state index contributed by atoms with van der Waals surface area (Å²) >= 11 is 0. The minimum absolute atomic E-state index is 0.104. The number of hydrogen-bond acceptors (Lipinski definition) is 15. The highest BCUT2D eigenvalue weighted by Crippen LogP contribution is 2.45. The van der Waals surface area contributed by atoms with E-state index < -0.39 is 97.5 Å². The molecule has 17 nitrogen and oxygen atoms in total. The van der Waals surface area contributed by atoms with E-state index in [2.05, 4.69) is 55.4 Å². The molecule has 0 aliphatic carbocycles. The smallest absolute Gasteiger partial charge is 0.462 e. The van der Waals surface area contributed by atoms with Crippen LogP contribution in [-0.4, -0.2) is 96.7 Å². The number of ether oxygens (including phenoxy) is 4. The molecule has 0 radical (unpaired) electrons. The number of phosphoric acid groups is 2. The molecule has 0 saturated heterocycles. The lowest BCUT2D eigenvalue weighted by Crippen LogP contribution is -2.30. The number of hydrogen-bond donors (Lipinski definition) is 3. The molecule has 0 aliphatic heterocycles. The van der Waals surface area contributed by atoms with Gasteiger partial charge >= 0.3 is 39.5 Å². The van der Waals surface area contributed by atoms with Crippen LogP contribution in [-0.2, 0) is 65.4 Å². The zero-order chi connectivity index (χ0) is 65.4. The van der Waals surface area contributed by atoms with Gasteiger partial charge in [0.25, 0.3) is 0 Å². The summed E-state index contributed by atoms with van der Waals surface area (Å²) in [6.45, 7) is 14.1. The number of aliphatic hydroxyl groups excluding tert-OH is 1. The minimum Gasteiger partial charge on any atom is -0.462 e. The first-order valence-electron chi connectivity index (χ1n) is 35.8. The van der Waals surface area contributed by atoms with Crippen molar-refractivity contribution in [3.05, 3.63) is 0 Å². The number of unbranched alkanes of at least 4 members (excludes halogenated alkanes) is 30. The molecule has 7 atom stereocenters. The fourth-order valence-corrected chi connectivity index (χ4v) is 11.8. The second-order valence-corrected chi connectivity index (χ2v) is 29.3. The van der Waals surface area contributed by atoms with E-state index in [1.54, 1.807) is 0 Å². The molecule has 0 aliphatic rings. The molecule has 0 amide bonds. The van der Waals surface area contributed by atoms with E-state index in [1.165, 1.54) is 135 Å². The Balaban J connectivity index is 5.27. The minimum atomic E-state index is -4.95. The Labute approximate surface area is 537 Å². The molecule has 4 unspecified atom stereocenters. The van der Waals surface area contributed by atoms with Crippen molar-refractivity contribution in [2.45, 2.75) is 356 Å². The van der Waals surface area contributed by atoms with Crippen molar-refractivity contribution in [1.82, 2.24) is 0 Å². The molecule has 0 bridgehead atoms. The van der Waals surface area contributed by atoms with Gasteiger partial charge in [0.05, 0.1) is 26.4 Å². The third-order valence-corrected chi connectivity index (χ3v) is 18.4. The molecule has 0 heterocycles. The third kappa shape index (κ3) is 60.3. The standard InChI is InChI=1S/C69H134O17P2/c1-9-61(7)47-39-31-23-17-11-12-18-25-35-43-51-68(73)86-65(56-80-67(72)50-42-34-28-27-32-40-48-62(8)10-2)58-84-88(77,78)82-54-63(70)53-81-87(75,76)83-57-64(85-69(74)52-44-36-26-20-14-16-22-30-38-46-60(5)6)55-79-66(71)49-41-33-24-19-13-15-21-29-37-45-59(3)4/h59-65,70H,9-58H2,1-8H3,(H,75,76)(H,77,78)/t61?,62?,63-,64-,65-/m1/s1. The maximum absolute atomic E-state index is 13.0. The van der Waals surface area contributed by atoms with Crippen LogP contribution in [0.2, 0.25) is 0 Å². The first-order valence-corrected chi connectivity index (χ1v) is 38.8. The summed E-state index contributed by atoms with van der Waals surface area (Å²) in [6, 6.07) is 0. The van der Waals surface area contributed by atoms with E-state index in [0.29, 0.717) is 25.7 Å². The lowest BCUT2D eigenvalue weighted by Gasteiger charge is -2.21. The third-order valence-electron chi connectivity index (χ3n) is 16.5. The van der Waals surface area contributed by atoms with Crippen LogP contribution in [0.5, 0.6) is 0 Å². The Morgan fingerprint density at radius 2 is 0.545 bits per heavy atom. The van der Waals surface area contributed by atoms with Crippen LogP contribution in [0.1, 0.15) is 338 Å². The summed E-state index contributed by atoms with van der Waals surface area (Å²) in [5.41, 5.74) is 0. The average Bonchev–Trinajstić information content (AvgIpc) is 3.57. The molecule has 0 spiro atoms. The van der Waals surface area contributed by atoms with Gasteiger partial charge in [-0.3, -0.25) is 37.3 Å². The lowest BCUT2D eigenvalue weighted by molar-refractivity contribution is -0.161. The van der Waals surface area contributed by atoms with Gasteiger partial charge in [-0.2, -0.15) is 0 Å². The average molecular weight is 1300 g/mol. The molecule has 0 aromatic rings. The van der Waals surface area contributed by atoms with Crippen molar-refractivity contribution in [1.29, 1.82) is 0 Å². The summed E-state index contributed by atoms with van der Waals surface area (Å²) < 4.78 is 68.2. The van der Waals surface area contributed by atoms with Gasteiger partial charge in [-0.15, -0.1) is 0 Å². The van der Waals surface area contributed by atoms with Gasteiger partial charge in [0, 0.05) is 25.7 Å². The Morgan fingerprint density at radius 3 is 0.807 bits per heavy atom. The Hall–Kier alpha value is -1.94. The van der Waals surface area contributed by atoms with Crippen LogP contribution in [0.3, 0.4) is 0 Å². The van der Waals surface area contributed by atoms with Gasteiger partial charge in [0.15, 0.2) is 12.2 Å². The zero-order valence-corrected chi connectivity index (χ0v) is 59.1. The molecule has 88 heavy (non-hydrogen) atoms. The van der Waals surface area contributed by atoms with Crippen LogP contribution in [0.25, 0.3) is 0 Å². The van der Waals surface area contributed by atoms with Gasteiger partial charge in [-0.25, -0.2) is 9.13 Å². The van der Waals surface area contributed by atoms with Gasteiger partial charge < -0.3 is 33.8 Å². The Morgan fingerprint density at radius 1 is 0.318 bits per heavy atom. The van der Waals surface area contributed by atoms with E-state index >= 15 is 0 Å². The van der Waals surface area contributed by atoms with Crippen LogP contribution in [0.15, 0.2) is 0 Å². The fraction of sp³-hybridized carbons (Fsp3) is 0.942. The second-order valence-electron chi connectivity index (χ2n) is 26.4. The maximum Gasteiger partial charge on any atom is 0.472 e. The topological polar surface area (TPSA) is 237 Å². The maximum atomic E-state index is 13.0. The van der Waals surface area contributed by atoms with Crippen LogP contribution >= 0.6 is 15.6 Å². The van der Waals surface area contributed by atoms with Crippen LogP contribution < -0.4 is 0 Å². The predicted molar refractivity (Wildman–Crippen MR) is 354 cm³/mol. The molecule has 0 rings (SSSR count). The van der Waals surface area contributed by atoms with Crippen molar-refractivity contribution >= 4 is 39.5 Å². The highest BCUT2D eigenvalue weighted by molar-refractivity contribution is 7.47. The first-order chi connectivity index (χ1) is 42.2. The normalized spacial score (nSPS) is 14.9. The monoisotopic (exact) mass is 1300 g/mol. The number of aliphatic hydroxyl groups is 1. The van der Waals surface area contributed by atoms with Gasteiger partial charge in [-0.05, 0) is 49.4 Å². The van der Waals surface area contributed by atoms with E-state index in [-0.39, 0.29) is 25.7 Å². The highest BCUT2D eigenvalue weighted by atomic mass is 31.2. The van der Waals surface area contributed by atoms with Crippen molar-refractivity contribution in [3.63, 3.8) is 0 Å². The molecule has 19 heteroatoms. The molecule has 3 N–H and O–H groups in total. The van der Waals surface area contributed by atoms with Crippen LogP contribution in [0.4, 0.5) is 0 Å². The summed E-state index contributed by atoms with van der Waals surface area (Å²) in [6.07, 6.45) is 40.2. The van der Waals surface area contributed by atoms with Crippen molar-refractivity contribution in [2.75, 3.05) is 39.6 Å². The summed E-state index contributed by atoms with van der Waals surface area (Å²) in [5.74, 6) is 0.882.